The van der Waals surface area contributed by atoms with Crippen molar-refractivity contribution >= 4 is 11.3 Å². The minimum absolute atomic E-state index is 0.00671. The number of rotatable bonds is 4. The third-order valence-electron chi connectivity index (χ3n) is 2.00. The van der Waals surface area contributed by atoms with Crippen LogP contribution in [-0.4, -0.2) is 10.1 Å². The lowest BCUT2D eigenvalue weighted by Crippen LogP contribution is -1.98. The number of hydrogen-bond donors (Lipinski definition) is 1. The third-order valence-corrected chi connectivity index (χ3v) is 2.64. The molecule has 0 aliphatic carbocycles. The first-order chi connectivity index (χ1) is 7.40. The van der Waals surface area contributed by atoms with Crippen molar-refractivity contribution in [3.63, 3.8) is 0 Å². The fraction of sp³-hybridized carbons (Fsp3) is 0.182. The number of aliphatic hydroxyl groups excluding tert-OH is 1. The fourth-order valence-corrected chi connectivity index (χ4v) is 1.78. The molecule has 0 saturated heterocycles. The highest BCUT2D eigenvalue weighted by Gasteiger charge is 2.02. The average Bonchev–Trinajstić information content (AvgIpc) is 2.79. The Kier molecular flexibility index (Phi) is 3.32. The van der Waals surface area contributed by atoms with Crippen LogP contribution in [0.1, 0.15) is 11.3 Å². The van der Waals surface area contributed by atoms with Gasteiger partial charge >= 0.3 is 0 Å². The molecule has 0 aliphatic heterocycles. The molecule has 0 amide bonds. The van der Waals surface area contributed by atoms with E-state index in [1.165, 1.54) is 0 Å². The first kappa shape index (κ1) is 10.1. The van der Waals surface area contributed by atoms with Crippen LogP contribution >= 0.6 is 11.3 Å². The summed E-state index contributed by atoms with van der Waals surface area (Å²) in [6.45, 7) is 0.438. The second-order valence-corrected chi connectivity index (χ2v) is 3.75. The Morgan fingerprint density at radius 3 is 2.93 bits per heavy atom. The maximum absolute atomic E-state index is 9.08. The van der Waals surface area contributed by atoms with E-state index in [1.54, 1.807) is 16.8 Å². The summed E-state index contributed by atoms with van der Waals surface area (Å²) in [6.07, 6.45) is 0. The van der Waals surface area contributed by atoms with Crippen LogP contribution in [0.25, 0.3) is 0 Å². The summed E-state index contributed by atoms with van der Waals surface area (Å²) in [5.74, 6) is 0.716. The molecule has 1 aromatic heterocycles. The van der Waals surface area contributed by atoms with E-state index in [9.17, 15) is 0 Å². The van der Waals surface area contributed by atoms with E-state index in [4.69, 9.17) is 9.84 Å². The lowest BCUT2D eigenvalue weighted by Gasteiger charge is -2.08. The van der Waals surface area contributed by atoms with Crippen molar-refractivity contribution < 1.29 is 9.84 Å². The minimum atomic E-state index is -0.00671. The summed E-state index contributed by atoms with van der Waals surface area (Å²) in [4.78, 5) is 4.12. The van der Waals surface area contributed by atoms with E-state index in [2.05, 4.69) is 4.98 Å². The molecule has 3 nitrogen and oxygen atoms in total. The van der Waals surface area contributed by atoms with Gasteiger partial charge in [0, 0.05) is 10.9 Å². The molecule has 1 N–H and O–H groups in total. The average molecular weight is 221 g/mol. The predicted octanol–water partition coefficient (Wildman–Crippen LogP) is 2.21. The van der Waals surface area contributed by atoms with Crippen LogP contribution in [0.4, 0.5) is 0 Å². The number of aromatic nitrogens is 1. The monoisotopic (exact) mass is 221 g/mol. The van der Waals surface area contributed by atoms with Gasteiger partial charge in [-0.3, -0.25) is 0 Å². The van der Waals surface area contributed by atoms with Gasteiger partial charge < -0.3 is 9.84 Å². The smallest absolute Gasteiger partial charge is 0.131 e. The van der Waals surface area contributed by atoms with E-state index in [0.717, 1.165) is 11.3 Å². The number of aliphatic hydroxyl groups is 1. The number of nitrogens with zero attached hydrogens (tertiary/aromatic N) is 1. The molecule has 1 aromatic carbocycles. The number of hydrogen-bond acceptors (Lipinski definition) is 4. The largest absolute Gasteiger partial charge is 0.487 e. The van der Waals surface area contributed by atoms with Crippen LogP contribution in [0.15, 0.2) is 35.2 Å². The molecule has 2 rings (SSSR count). The van der Waals surface area contributed by atoms with Gasteiger partial charge in [0.15, 0.2) is 0 Å². The summed E-state index contributed by atoms with van der Waals surface area (Å²) in [5, 5.41) is 11.0. The molecule has 0 bridgehead atoms. The molecule has 1 heterocycles. The van der Waals surface area contributed by atoms with E-state index >= 15 is 0 Å². The van der Waals surface area contributed by atoms with Gasteiger partial charge in [0.05, 0.1) is 17.8 Å². The zero-order valence-electron chi connectivity index (χ0n) is 8.09. The van der Waals surface area contributed by atoms with Gasteiger partial charge in [-0.25, -0.2) is 4.98 Å². The summed E-state index contributed by atoms with van der Waals surface area (Å²) < 4.78 is 5.56. The second-order valence-electron chi connectivity index (χ2n) is 3.03. The van der Waals surface area contributed by atoms with Crippen LogP contribution in [0, 0.1) is 0 Å². The highest BCUT2D eigenvalue weighted by Crippen LogP contribution is 2.18. The Labute approximate surface area is 92.0 Å². The van der Waals surface area contributed by atoms with Gasteiger partial charge in [-0.15, -0.1) is 11.3 Å². The van der Waals surface area contributed by atoms with Crippen LogP contribution in [0.2, 0.25) is 0 Å². The summed E-state index contributed by atoms with van der Waals surface area (Å²) in [5.41, 5.74) is 3.48. The maximum Gasteiger partial charge on any atom is 0.131 e. The van der Waals surface area contributed by atoms with Gasteiger partial charge in [-0.1, -0.05) is 18.2 Å². The van der Waals surface area contributed by atoms with E-state index in [-0.39, 0.29) is 6.61 Å². The Hall–Kier alpha value is -1.39. The van der Waals surface area contributed by atoms with Crippen LogP contribution < -0.4 is 4.74 Å². The van der Waals surface area contributed by atoms with Crippen molar-refractivity contribution in [2.75, 3.05) is 0 Å². The van der Waals surface area contributed by atoms with E-state index in [1.807, 2.05) is 29.6 Å². The zero-order chi connectivity index (χ0) is 10.5. The van der Waals surface area contributed by atoms with Crippen molar-refractivity contribution in [1.82, 2.24) is 4.98 Å². The summed E-state index contributed by atoms with van der Waals surface area (Å²) in [6, 6.07) is 7.45. The second kappa shape index (κ2) is 4.91. The Bertz CT molecular complexity index is 414. The molecule has 0 unspecified atom stereocenters. The Morgan fingerprint density at radius 1 is 1.33 bits per heavy atom. The van der Waals surface area contributed by atoms with Crippen LogP contribution in [0.5, 0.6) is 5.75 Å². The molecule has 4 heteroatoms. The Balaban J connectivity index is 2.04. The highest BCUT2D eigenvalue weighted by molar-refractivity contribution is 7.07. The van der Waals surface area contributed by atoms with E-state index < -0.39 is 0 Å². The molecule has 15 heavy (non-hydrogen) atoms. The summed E-state index contributed by atoms with van der Waals surface area (Å²) in [7, 11) is 0. The van der Waals surface area contributed by atoms with Crippen molar-refractivity contribution in [2.45, 2.75) is 13.2 Å². The lowest BCUT2D eigenvalue weighted by molar-refractivity contribution is 0.258. The zero-order valence-corrected chi connectivity index (χ0v) is 8.91. The molecule has 2 aromatic rings. The summed E-state index contributed by atoms with van der Waals surface area (Å²) >= 11 is 1.54. The standard InChI is InChI=1S/C11H11NO2S/c13-5-9-3-1-2-4-11(9)14-6-10-7-15-8-12-10/h1-4,7-8,13H,5-6H2. The highest BCUT2D eigenvalue weighted by atomic mass is 32.1. The van der Waals surface area contributed by atoms with Gasteiger partial charge in [0.2, 0.25) is 0 Å². The third kappa shape index (κ3) is 2.55. The Morgan fingerprint density at radius 2 is 2.20 bits per heavy atom. The quantitative estimate of drug-likeness (QED) is 0.860. The molecular formula is C11H11NO2S. The number of para-hydroxylation sites is 1. The number of thiazole rings is 1. The topological polar surface area (TPSA) is 42.4 Å². The van der Waals surface area contributed by atoms with Crippen LogP contribution in [0.3, 0.4) is 0 Å². The van der Waals surface area contributed by atoms with Gasteiger partial charge in [0.25, 0.3) is 0 Å². The first-order valence-corrected chi connectivity index (χ1v) is 5.53. The molecule has 0 fully saturated rings. The minimum Gasteiger partial charge on any atom is -0.487 e. The molecule has 0 spiro atoms. The molecule has 0 atom stereocenters. The van der Waals surface area contributed by atoms with Crippen molar-refractivity contribution in [2.24, 2.45) is 0 Å². The van der Waals surface area contributed by atoms with E-state index in [0.29, 0.717) is 12.4 Å². The molecular weight excluding hydrogens is 210 g/mol. The fourth-order valence-electron chi connectivity index (χ4n) is 1.24. The molecule has 0 radical (unpaired) electrons. The SMILES string of the molecule is OCc1ccccc1OCc1cscn1. The predicted molar refractivity (Wildman–Crippen MR) is 58.8 cm³/mol. The first-order valence-electron chi connectivity index (χ1n) is 4.59. The van der Waals surface area contributed by atoms with Gasteiger partial charge in [0.1, 0.15) is 12.4 Å². The van der Waals surface area contributed by atoms with Crippen molar-refractivity contribution in [1.29, 1.82) is 0 Å². The van der Waals surface area contributed by atoms with Gasteiger partial charge in [-0.05, 0) is 6.07 Å². The molecule has 0 aliphatic rings. The van der Waals surface area contributed by atoms with Crippen LogP contribution in [-0.2, 0) is 13.2 Å². The lowest BCUT2D eigenvalue weighted by atomic mass is 10.2. The molecule has 0 saturated carbocycles. The normalized spacial score (nSPS) is 10.2. The number of benzene rings is 1. The van der Waals surface area contributed by atoms with Crippen molar-refractivity contribution in [3.8, 4) is 5.75 Å². The number of ether oxygens (including phenoxy) is 1. The van der Waals surface area contributed by atoms with Gasteiger partial charge in [-0.2, -0.15) is 0 Å². The maximum atomic E-state index is 9.08. The van der Waals surface area contributed by atoms with Crippen molar-refractivity contribution in [3.05, 3.63) is 46.4 Å². The molecule has 78 valence electrons.